The van der Waals surface area contributed by atoms with Crippen LogP contribution in [0.5, 0.6) is 0 Å². The highest BCUT2D eigenvalue weighted by atomic mass is 16.7. The fraction of sp³-hybridized carbons (Fsp3) is 0.882. The normalized spacial score (nSPS) is 44.0. The van der Waals surface area contributed by atoms with Crippen LogP contribution in [0.1, 0.15) is 88.0 Å². The molecule has 3 saturated heterocycles. The number of esters is 2. The van der Waals surface area contributed by atoms with Crippen molar-refractivity contribution in [2.24, 2.45) is 29.6 Å². The summed E-state index contributed by atoms with van der Waals surface area (Å²) in [4.78, 5) is 54.1. The number of ether oxygens (including phenoxy) is 5. The minimum absolute atomic E-state index is 0.0160. The maximum Gasteiger partial charge on any atom is 0.316 e. The van der Waals surface area contributed by atoms with Crippen LogP contribution in [0.2, 0.25) is 0 Å². The molecule has 0 saturated carbocycles. The quantitative estimate of drug-likeness (QED) is 0.250. The van der Waals surface area contributed by atoms with Gasteiger partial charge in [0.2, 0.25) is 0 Å². The SMILES string of the molecule is CC[C@H]1OC(=O)[C@H](C)C(=O)[C@H](C)[C@@H](OC2OC(C)CC(N(C)C)C2C)[C@](C)(OCC=O)C[C@@H](C)CN[C@H](C)[C@H]2CC(=O)O[C@@]21C. The van der Waals surface area contributed by atoms with Gasteiger partial charge in [0.25, 0.3) is 0 Å². The zero-order valence-corrected chi connectivity index (χ0v) is 29.3. The molecule has 3 aliphatic heterocycles. The van der Waals surface area contributed by atoms with Crippen molar-refractivity contribution >= 4 is 24.0 Å². The molecule has 0 amide bonds. The first kappa shape index (κ1) is 37.5. The number of ketones is 1. The van der Waals surface area contributed by atoms with E-state index >= 15 is 0 Å². The Balaban J connectivity index is 2.07. The van der Waals surface area contributed by atoms with Crippen molar-refractivity contribution in [1.29, 1.82) is 0 Å². The molecule has 0 aromatic carbocycles. The predicted molar refractivity (Wildman–Crippen MR) is 168 cm³/mol. The molecule has 3 fully saturated rings. The average Bonchev–Trinajstić information content (AvgIpc) is 3.30. The molecule has 3 heterocycles. The van der Waals surface area contributed by atoms with Crippen LogP contribution >= 0.6 is 0 Å². The van der Waals surface area contributed by atoms with Gasteiger partial charge in [-0.25, -0.2) is 0 Å². The molecule has 0 spiro atoms. The van der Waals surface area contributed by atoms with Crippen molar-refractivity contribution in [3.05, 3.63) is 0 Å². The third-order valence-corrected chi connectivity index (χ3v) is 10.6. The third kappa shape index (κ3) is 8.33. The number of rotatable bonds is 7. The Morgan fingerprint density at radius 1 is 1.07 bits per heavy atom. The van der Waals surface area contributed by atoms with E-state index in [1.807, 2.05) is 48.7 Å². The van der Waals surface area contributed by atoms with Gasteiger partial charge in [-0.15, -0.1) is 0 Å². The number of nitrogens with one attached hydrogen (secondary N) is 1. The van der Waals surface area contributed by atoms with Crippen molar-refractivity contribution in [1.82, 2.24) is 10.2 Å². The second-order valence-electron chi connectivity index (χ2n) is 14.5. The van der Waals surface area contributed by atoms with Gasteiger partial charge < -0.3 is 38.7 Å². The van der Waals surface area contributed by atoms with Gasteiger partial charge in [0.05, 0.1) is 24.2 Å². The zero-order valence-electron chi connectivity index (χ0n) is 29.3. The minimum Gasteiger partial charge on any atom is -0.458 e. The summed E-state index contributed by atoms with van der Waals surface area (Å²) in [7, 11) is 4.07. The number of nitrogens with zero attached hydrogens (tertiary/aromatic N) is 1. The van der Waals surface area contributed by atoms with E-state index in [1.54, 1.807) is 13.8 Å². The van der Waals surface area contributed by atoms with Gasteiger partial charge in [-0.1, -0.05) is 27.7 Å². The fourth-order valence-electron chi connectivity index (χ4n) is 7.92. The lowest BCUT2D eigenvalue weighted by Gasteiger charge is -2.47. The minimum atomic E-state index is -1.12. The monoisotopic (exact) mass is 638 g/mol. The van der Waals surface area contributed by atoms with Gasteiger partial charge in [-0.05, 0) is 80.4 Å². The molecule has 0 aromatic rings. The van der Waals surface area contributed by atoms with Crippen molar-refractivity contribution in [3.63, 3.8) is 0 Å². The maximum absolute atomic E-state index is 14.2. The number of fused-ring (bicyclic) bond motifs is 1. The van der Waals surface area contributed by atoms with E-state index in [2.05, 4.69) is 24.1 Å². The smallest absolute Gasteiger partial charge is 0.316 e. The number of hydrogen-bond donors (Lipinski definition) is 1. The molecule has 0 radical (unpaired) electrons. The van der Waals surface area contributed by atoms with Gasteiger partial charge in [0.1, 0.15) is 24.9 Å². The molecule has 11 nitrogen and oxygen atoms in total. The van der Waals surface area contributed by atoms with Crippen LogP contribution in [0.3, 0.4) is 0 Å². The average molecular weight is 639 g/mol. The van der Waals surface area contributed by atoms with Gasteiger partial charge in [0.15, 0.2) is 17.7 Å². The third-order valence-electron chi connectivity index (χ3n) is 10.6. The predicted octanol–water partition coefficient (Wildman–Crippen LogP) is 3.55. The molecule has 0 aromatic heterocycles. The van der Waals surface area contributed by atoms with Crippen LogP contribution in [0, 0.1) is 29.6 Å². The summed E-state index contributed by atoms with van der Waals surface area (Å²) in [5, 5.41) is 3.59. The number of Topliss-reactive ketones (excluding diaryl/α,β-unsaturated/α-hetero) is 1. The van der Waals surface area contributed by atoms with Crippen LogP contribution in [-0.2, 0) is 42.9 Å². The Morgan fingerprint density at radius 3 is 2.33 bits per heavy atom. The number of carbonyl (C=O) groups is 4. The van der Waals surface area contributed by atoms with Gasteiger partial charge in [0, 0.05) is 29.8 Å². The topological polar surface area (TPSA) is 130 Å². The lowest BCUT2D eigenvalue weighted by molar-refractivity contribution is -0.282. The summed E-state index contributed by atoms with van der Waals surface area (Å²) < 4.78 is 31.3. The molecule has 0 aliphatic carbocycles. The summed E-state index contributed by atoms with van der Waals surface area (Å²) in [5.74, 6) is -3.57. The molecule has 3 aliphatic rings. The second-order valence-corrected chi connectivity index (χ2v) is 14.5. The second kappa shape index (κ2) is 15.3. The van der Waals surface area contributed by atoms with E-state index < -0.39 is 47.5 Å². The van der Waals surface area contributed by atoms with E-state index in [1.165, 1.54) is 0 Å². The van der Waals surface area contributed by atoms with E-state index in [0.29, 0.717) is 25.7 Å². The Bertz CT molecular complexity index is 1050. The van der Waals surface area contributed by atoms with Gasteiger partial charge in [-0.3, -0.25) is 14.4 Å². The van der Waals surface area contributed by atoms with Gasteiger partial charge in [-0.2, -0.15) is 0 Å². The van der Waals surface area contributed by atoms with Crippen LogP contribution in [0.25, 0.3) is 0 Å². The van der Waals surface area contributed by atoms with Crippen LogP contribution in [0.15, 0.2) is 0 Å². The fourth-order valence-corrected chi connectivity index (χ4v) is 7.92. The first-order valence-electron chi connectivity index (χ1n) is 16.7. The van der Waals surface area contributed by atoms with E-state index in [-0.39, 0.29) is 60.7 Å². The summed E-state index contributed by atoms with van der Waals surface area (Å²) in [5.41, 5.74) is -2.14. The highest BCUT2D eigenvalue weighted by Crippen LogP contribution is 2.42. The Hall–Kier alpha value is -1.92. The largest absolute Gasteiger partial charge is 0.458 e. The van der Waals surface area contributed by atoms with E-state index in [9.17, 15) is 19.2 Å². The van der Waals surface area contributed by atoms with Crippen LogP contribution in [-0.4, -0.2) is 104 Å². The molecular weight excluding hydrogens is 580 g/mol. The van der Waals surface area contributed by atoms with E-state index in [4.69, 9.17) is 23.7 Å². The van der Waals surface area contributed by atoms with Gasteiger partial charge >= 0.3 is 11.9 Å². The summed E-state index contributed by atoms with van der Waals surface area (Å²) in [6.07, 6.45) is 0.303. The molecule has 258 valence electrons. The summed E-state index contributed by atoms with van der Waals surface area (Å²) >= 11 is 0. The standard InChI is InChI=1S/C34H58N2O9/c1-12-27-34(9)25(16-28(38)45-34)24(7)35-18-19(2)17-33(8,41-14-13-37)30(22(5)29(39)23(6)31(40)43-27)44-32-21(4)26(36(10)11)15-20(3)42-32/h13,19-27,30,32,35H,12,14-18H2,1-11H3/t19-,20?,21?,22+,23-,24-,25-,26?,27-,30-,32?,33-,34+/m1/s1. The number of cyclic esters (lactones) is 1. The first-order chi connectivity index (χ1) is 21.0. The molecule has 1 N–H and O–H groups in total. The summed E-state index contributed by atoms with van der Waals surface area (Å²) in [6, 6.07) is 0.0449. The Kier molecular flexibility index (Phi) is 12.8. The molecule has 0 bridgehead atoms. The van der Waals surface area contributed by atoms with Crippen LogP contribution < -0.4 is 5.32 Å². The zero-order chi connectivity index (χ0) is 33.9. The summed E-state index contributed by atoms with van der Waals surface area (Å²) in [6.45, 7) is 17.4. The van der Waals surface area contributed by atoms with Crippen molar-refractivity contribution in [2.45, 2.75) is 136 Å². The van der Waals surface area contributed by atoms with E-state index in [0.717, 1.165) is 6.42 Å². The first-order valence-corrected chi connectivity index (χ1v) is 16.7. The maximum atomic E-state index is 14.2. The molecule has 3 rings (SSSR count). The molecule has 13 atom stereocenters. The van der Waals surface area contributed by atoms with Crippen molar-refractivity contribution in [3.8, 4) is 0 Å². The molecular formula is C34H58N2O9. The number of hydrogen-bond acceptors (Lipinski definition) is 11. The molecule has 11 heteroatoms. The number of carbonyl (C=O) groups excluding carboxylic acids is 4. The van der Waals surface area contributed by atoms with Crippen molar-refractivity contribution < 1.29 is 42.9 Å². The molecule has 45 heavy (non-hydrogen) atoms. The van der Waals surface area contributed by atoms with Crippen molar-refractivity contribution in [2.75, 3.05) is 27.2 Å². The molecule has 4 unspecified atom stereocenters. The number of aldehydes is 1. The highest BCUT2D eigenvalue weighted by Gasteiger charge is 2.55. The Labute approximate surface area is 269 Å². The lowest BCUT2D eigenvalue weighted by Crippen LogP contribution is -2.57. The highest BCUT2D eigenvalue weighted by molar-refractivity contribution is 6.00. The van der Waals surface area contributed by atoms with Crippen LogP contribution in [0.4, 0.5) is 0 Å². The lowest BCUT2D eigenvalue weighted by atomic mass is 9.78. The Morgan fingerprint density at radius 2 is 1.73 bits per heavy atom.